The minimum absolute atomic E-state index is 0.149. The normalized spacial score (nSPS) is 10.7. The second kappa shape index (κ2) is 11.8. The van der Waals surface area contributed by atoms with E-state index in [9.17, 15) is 0 Å². The van der Waals surface area contributed by atoms with E-state index in [0.29, 0.717) is 31.3 Å². The zero-order valence-electron chi connectivity index (χ0n) is 15.1. The van der Waals surface area contributed by atoms with Crippen LogP contribution < -0.4 is 20.1 Å². The molecule has 0 bridgehead atoms. The Morgan fingerprint density at radius 2 is 1.69 bits per heavy atom. The van der Waals surface area contributed by atoms with Crippen LogP contribution in [0, 0.1) is 0 Å². The molecule has 3 N–H and O–H groups in total. The molecule has 0 fully saturated rings. The average molecular weight is 379 g/mol. The Morgan fingerprint density at radius 3 is 2.46 bits per heavy atom. The zero-order valence-corrected chi connectivity index (χ0v) is 15.9. The molecule has 0 saturated heterocycles. The van der Waals surface area contributed by atoms with E-state index < -0.39 is 0 Å². The average Bonchev–Trinajstić information content (AvgIpc) is 2.65. The Bertz CT molecular complexity index is 667. The Balaban J connectivity index is 2.02. The highest BCUT2D eigenvalue weighted by Crippen LogP contribution is 2.32. The summed E-state index contributed by atoms with van der Waals surface area (Å²) in [5, 5.41) is 16.0. The van der Waals surface area contributed by atoms with Gasteiger partial charge in [0.25, 0.3) is 0 Å². The molecule has 0 radical (unpaired) electrons. The SMILES string of the molecule is CCOc1cccc(CNCCNCCO)c1OCc1ccccc1Cl. The van der Waals surface area contributed by atoms with Crippen LogP contribution in [-0.4, -0.2) is 38.0 Å². The van der Waals surface area contributed by atoms with Gasteiger partial charge in [-0.05, 0) is 19.1 Å². The first kappa shape index (κ1) is 20.5. The number of hydrogen-bond acceptors (Lipinski definition) is 5. The summed E-state index contributed by atoms with van der Waals surface area (Å²) in [6, 6.07) is 13.6. The summed E-state index contributed by atoms with van der Waals surface area (Å²) in [4.78, 5) is 0. The first-order valence-electron chi connectivity index (χ1n) is 8.89. The van der Waals surface area contributed by atoms with Crippen molar-refractivity contribution in [1.29, 1.82) is 0 Å². The number of para-hydroxylation sites is 1. The van der Waals surface area contributed by atoms with Crippen LogP contribution in [-0.2, 0) is 13.2 Å². The molecule has 2 aromatic rings. The van der Waals surface area contributed by atoms with E-state index in [0.717, 1.165) is 35.7 Å². The molecular weight excluding hydrogens is 352 g/mol. The lowest BCUT2D eigenvalue weighted by Crippen LogP contribution is -2.28. The van der Waals surface area contributed by atoms with Gasteiger partial charge >= 0.3 is 0 Å². The fourth-order valence-corrected chi connectivity index (χ4v) is 2.69. The molecule has 0 aliphatic rings. The van der Waals surface area contributed by atoms with E-state index in [1.165, 1.54) is 0 Å². The maximum Gasteiger partial charge on any atom is 0.166 e. The summed E-state index contributed by atoms with van der Waals surface area (Å²) < 4.78 is 11.8. The smallest absolute Gasteiger partial charge is 0.166 e. The largest absolute Gasteiger partial charge is 0.490 e. The highest BCUT2D eigenvalue weighted by Gasteiger charge is 2.12. The molecule has 0 unspecified atom stereocenters. The number of hydrogen-bond donors (Lipinski definition) is 3. The van der Waals surface area contributed by atoms with E-state index in [1.807, 2.05) is 49.4 Å². The molecule has 5 nitrogen and oxygen atoms in total. The molecule has 0 aliphatic heterocycles. The highest BCUT2D eigenvalue weighted by atomic mass is 35.5. The molecule has 142 valence electrons. The standard InChI is InChI=1S/C20H27ClN2O3/c1-2-25-19-9-5-7-16(14-23-11-10-22-12-13-24)20(19)26-15-17-6-3-4-8-18(17)21/h3-9,22-24H,2,10-15H2,1H3. The van der Waals surface area contributed by atoms with E-state index in [4.69, 9.17) is 26.2 Å². The molecule has 0 aromatic heterocycles. The number of aliphatic hydroxyl groups is 1. The Morgan fingerprint density at radius 1 is 0.923 bits per heavy atom. The topological polar surface area (TPSA) is 62.8 Å². The van der Waals surface area contributed by atoms with Gasteiger partial charge in [0.05, 0.1) is 13.2 Å². The van der Waals surface area contributed by atoms with Gasteiger partial charge < -0.3 is 25.2 Å². The predicted molar refractivity (Wildman–Crippen MR) is 105 cm³/mol. The van der Waals surface area contributed by atoms with E-state index in [1.54, 1.807) is 0 Å². The fourth-order valence-electron chi connectivity index (χ4n) is 2.50. The second-order valence-corrected chi connectivity index (χ2v) is 6.12. The minimum atomic E-state index is 0.149. The molecule has 0 spiro atoms. The lowest BCUT2D eigenvalue weighted by molar-refractivity contribution is 0.266. The second-order valence-electron chi connectivity index (χ2n) is 5.71. The van der Waals surface area contributed by atoms with E-state index >= 15 is 0 Å². The summed E-state index contributed by atoms with van der Waals surface area (Å²) in [6.07, 6.45) is 0. The van der Waals surface area contributed by atoms with Crippen molar-refractivity contribution in [2.75, 3.05) is 32.8 Å². The van der Waals surface area contributed by atoms with Crippen LogP contribution in [0.4, 0.5) is 0 Å². The summed E-state index contributed by atoms with van der Waals surface area (Å²) >= 11 is 6.23. The lowest BCUT2D eigenvalue weighted by atomic mass is 10.1. The van der Waals surface area contributed by atoms with Gasteiger partial charge in [-0.3, -0.25) is 0 Å². The lowest BCUT2D eigenvalue weighted by Gasteiger charge is -2.17. The van der Waals surface area contributed by atoms with Crippen LogP contribution in [0.15, 0.2) is 42.5 Å². The van der Waals surface area contributed by atoms with Crippen molar-refractivity contribution >= 4 is 11.6 Å². The van der Waals surface area contributed by atoms with Gasteiger partial charge in [-0.15, -0.1) is 0 Å². The van der Waals surface area contributed by atoms with Crippen molar-refractivity contribution in [1.82, 2.24) is 10.6 Å². The van der Waals surface area contributed by atoms with Crippen LogP contribution in [0.3, 0.4) is 0 Å². The third-order valence-electron chi connectivity index (χ3n) is 3.77. The summed E-state index contributed by atoms with van der Waals surface area (Å²) in [5.41, 5.74) is 1.97. The predicted octanol–water partition coefficient (Wildman–Crippen LogP) is 2.99. The van der Waals surface area contributed by atoms with Crippen molar-refractivity contribution in [3.05, 3.63) is 58.6 Å². The zero-order chi connectivity index (χ0) is 18.6. The van der Waals surface area contributed by atoms with Crippen LogP contribution >= 0.6 is 11.6 Å². The van der Waals surface area contributed by atoms with Crippen molar-refractivity contribution in [2.45, 2.75) is 20.1 Å². The summed E-state index contributed by atoms with van der Waals surface area (Å²) in [6.45, 7) is 5.92. The molecule has 0 saturated carbocycles. The van der Waals surface area contributed by atoms with Crippen molar-refractivity contribution < 1.29 is 14.6 Å². The first-order chi connectivity index (χ1) is 12.8. The summed E-state index contributed by atoms with van der Waals surface area (Å²) in [7, 11) is 0. The molecule has 6 heteroatoms. The van der Waals surface area contributed by atoms with Crippen molar-refractivity contribution in [3.8, 4) is 11.5 Å². The molecule has 0 atom stereocenters. The fraction of sp³-hybridized carbons (Fsp3) is 0.400. The van der Waals surface area contributed by atoms with Gasteiger partial charge in [0.2, 0.25) is 0 Å². The molecule has 2 aromatic carbocycles. The third-order valence-corrected chi connectivity index (χ3v) is 4.14. The summed E-state index contributed by atoms with van der Waals surface area (Å²) in [5.74, 6) is 1.47. The van der Waals surface area contributed by atoms with Crippen molar-refractivity contribution in [3.63, 3.8) is 0 Å². The van der Waals surface area contributed by atoms with Crippen LogP contribution in [0.1, 0.15) is 18.1 Å². The van der Waals surface area contributed by atoms with Crippen LogP contribution in [0.2, 0.25) is 5.02 Å². The van der Waals surface area contributed by atoms with E-state index in [-0.39, 0.29) is 6.61 Å². The Hall–Kier alpha value is -1.79. The molecule has 0 heterocycles. The molecule has 26 heavy (non-hydrogen) atoms. The van der Waals surface area contributed by atoms with Gasteiger partial charge in [-0.25, -0.2) is 0 Å². The molecule has 0 aliphatic carbocycles. The van der Waals surface area contributed by atoms with Gasteiger partial charge in [-0.2, -0.15) is 0 Å². The highest BCUT2D eigenvalue weighted by molar-refractivity contribution is 6.31. The minimum Gasteiger partial charge on any atom is -0.490 e. The number of halogens is 1. The van der Waals surface area contributed by atoms with Gasteiger partial charge in [0.15, 0.2) is 11.5 Å². The Labute approximate surface area is 160 Å². The van der Waals surface area contributed by atoms with Crippen LogP contribution in [0.25, 0.3) is 0 Å². The van der Waals surface area contributed by atoms with E-state index in [2.05, 4.69) is 10.6 Å². The first-order valence-corrected chi connectivity index (χ1v) is 9.27. The number of aliphatic hydroxyl groups excluding tert-OH is 1. The molecule has 0 amide bonds. The number of benzene rings is 2. The maximum absolute atomic E-state index is 8.77. The quantitative estimate of drug-likeness (QED) is 0.495. The van der Waals surface area contributed by atoms with Gasteiger partial charge in [0.1, 0.15) is 6.61 Å². The number of nitrogens with one attached hydrogen (secondary N) is 2. The van der Waals surface area contributed by atoms with Crippen LogP contribution in [0.5, 0.6) is 11.5 Å². The van der Waals surface area contributed by atoms with Gasteiger partial charge in [0, 0.05) is 42.3 Å². The third kappa shape index (κ3) is 6.50. The number of rotatable bonds is 12. The Kier molecular flexibility index (Phi) is 9.28. The van der Waals surface area contributed by atoms with Gasteiger partial charge in [-0.1, -0.05) is 41.9 Å². The number of ether oxygens (including phenoxy) is 2. The monoisotopic (exact) mass is 378 g/mol. The van der Waals surface area contributed by atoms with Crippen molar-refractivity contribution in [2.24, 2.45) is 0 Å². The maximum atomic E-state index is 8.77. The molecular formula is C20H27ClN2O3. The molecule has 2 rings (SSSR count).